The Hall–Kier alpha value is -2.73. The molecule has 0 saturated carbocycles. The zero-order valence-corrected chi connectivity index (χ0v) is 14.1. The lowest BCUT2D eigenvalue weighted by Crippen LogP contribution is -2.20. The van der Waals surface area contributed by atoms with Crippen molar-refractivity contribution < 1.29 is 9.21 Å². The predicted molar refractivity (Wildman–Crippen MR) is 98.4 cm³/mol. The second kappa shape index (κ2) is 5.67. The van der Waals surface area contributed by atoms with Crippen molar-refractivity contribution >= 4 is 44.6 Å². The minimum absolute atomic E-state index is 0.199. The zero-order valence-electron chi connectivity index (χ0n) is 13.3. The number of amides is 1. The molecular weight excluding hydrogens is 334 g/mol. The molecule has 2 heterocycles. The number of benzene rings is 1. The third-order valence-corrected chi connectivity index (χ3v) is 5.55. The molecule has 0 aliphatic heterocycles. The molecule has 6 heteroatoms. The first-order valence-electron chi connectivity index (χ1n) is 8.29. The molecule has 1 aromatic carbocycles. The van der Waals surface area contributed by atoms with Crippen LogP contribution in [0.1, 0.15) is 12.8 Å². The number of hydrogen-bond donors (Lipinski definition) is 1. The maximum Gasteiger partial charge on any atom is 0.302 e. The fourth-order valence-corrected chi connectivity index (χ4v) is 4.13. The van der Waals surface area contributed by atoms with E-state index in [2.05, 4.69) is 33.5 Å². The molecule has 0 fully saturated rings. The standard InChI is InChI=1S/C19H15N3O2S/c23-18(13-6-5-11-3-1-2-4-12(11)9-13)22-19-21-14-7-8-15-16(17(14)24-19)20-10-25-15/h2,4-12H,1,3H2,(H,21,22,23). The number of nitrogens with zero attached hydrogens (tertiary/aromatic N) is 2. The molecule has 5 nitrogen and oxygen atoms in total. The van der Waals surface area contributed by atoms with Gasteiger partial charge in [-0.2, -0.15) is 4.98 Å². The van der Waals surface area contributed by atoms with Crippen LogP contribution in [0.25, 0.3) is 21.3 Å². The minimum atomic E-state index is -0.199. The van der Waals surface area contributed by atoms with Crippen LogP contribution in [0.3, 0.4) is 0 Å². The summed E-state index contributed by atoms with van der Waals surface area (Å²) in [5.74, 6) is 0.608. The highest BCUT2D eigenvalue weighted by molar-refractivity contribution is 7.16. The molecule has 2 unspecified atom stereocenters. The predicted octanol–water partition coefficient (Wildman–Crippen LogP) is 4.45. The van der Waals surface area contributed by atoms with Gasteiger partial charge in [-0.15, -0.1) is 11.3 Å². The molecule has 124 valence electrons. The third-order valence-electron chi connectivity index (χ3n) is 4.75. The van der Waals surface area contributed by atoms with E-state index in [9.17, 15) is 4.79 Å². The summed E-state index contributed by atoms with van der Waals surface area (Å²) < 4.78 is 6.78. The molecule has 2 aromatic heterocycles. The molecule has 0 spiro atoms. The first kappa shape index (κ1) is 14.6. The Kier molecular flexibility index (Phi) is 3.31. The monoisotopic (exact) mass is 349 g/mol. The summed E-state index contributed by atoms with van der Waals surface area (Å²) >= 11 is 1.55. The van der Waals surface area contributed by atoms with Gasteiger partial charge in [-0.3, -0.25) is 10.1 Å². The number of fused-ring (bicyclic) bond motifs is 4. The van der Waals surface area contributed by atoms with Gasteiger partial charge < -0.3 is 4.42 Å². The summed E-state index contributed by atoms with van der Waals surface area (Å²) in [6.07, 6.45) is 12.7. The molecule has 0 radical (unpaired) electrons. The average molecular weight is 349 g/mol. The number of allylic oxidation sites excluding steroid dienone is 4. The summed E-state index contributed by atoms with van der Waals surface area (Å²) in [5.41, 5.74) is 4.50. The van der Waals surface area contributed by atoms with Crippen LogP contribution in [0.2, 0.25) is 0 Å². The second-order valence-electron chi connectivity index (χ2n) is 6.31. The van der Waals surface area contributed by atoms with E-state index in [-0.39, 0.29) is 11.9 Å². The van der Waals surface area contributed by atoms with Crippen molar-refractivity contribution in [2.75, 3.05) is 5.32 Å². The summed E-state index contributed by atoms with van der Waals surface area (Å²) in [7, 11) is 0. The van der Waals surface area contributed by atoms with Crippen LogP contribution in [-0.4, -0.2) is 15.9 Å². The molecule has 2 aliphatic rings. The summed E-state index contributed by atoms with van der Waals surface area (Å²) in [4.78, 5) is 21.2. The second-order valence-corrected chi connectivity index (χ2v) is 7.20. The first-order valence-corrected chi connectivity index (χ1v) is 9.17. The van der Waals surface area contributed by atoms with Crippen LogP contribution in [0.4, 0.5) is 6.01 Å². The SMILES string of the molecule is O=C(Nc1nc2ccc3scnc3c2o1)C1=CC2C=CCCC2C=C1. The number of thiazole rings is 1. The molecule has 0 bridgehead atoms. The smallest absolute Gasteiger partial charge is 0.302 e. The number of carbonyl (C=O) groups is 1. The Morgan fingerprint density at radius 3 is 3.24 bits per heavy atom. The molecule has 0 saturated heterocycles. The van der Waals surface area contributed by atoms with E-state index in [0.29, 0.717) is 28.5 Å². The van der Waals surface area contributed by atoms with Crippen molar-refractivity contribution in [3.63, 3.8) is 0 Å². The third kappa shape index (κ3) is 2.49. The fourth-order valence-electron chi connectivity index (χ4n) is 3.46. The topological polar surface area (TPSA) is 68.0 Å². The van der Waals surface area contributed by atoms with Crippen LogP contribution in [-0.2, 0) is 4.79 Å². The Morgan fingerprint density at radius 2 is 2.28 bits per heavy atom. The molecule has 25 heavy (non-hydrogen) atoms. The molecule has 1 amide bonds. The lowest BCUT2D eigenvalue weighted by atomic mass is 9.79. The van der Waals surface area contributed by atoms with E-state index < -0.39 is 0 Å². The molecular formula is C19H15N3O2S. The number of oxazole rings is 1. The van der Waals surface area contributed by atoms with Gasteiger partial charge in [0, 0.05) is 11.5 Å². The normalized spacial score (nSPS) is 22.2. The van der Waals surface area contributed by atoms with Crippen LogP contribution in [0.15, 0.2) is 58.0 Å². The van der Waals surface area contributed by atoms with Gasteiger partial charge in [0.25, 0.3) is 5.91 Å². The summed E-state index contributed by atoms with van der Waals surface area (Å²) in [6.45, 7) is 0. The molecule has 3 aromatic rings. The first-order chi connectivity index (χ1) is 12.3. The molecule has 5 rings (SSSR count). The number of aromatic nitrogens is 2. The number of carbonyl (C=O) groups excluding carboxylic acids is 1. The fraction of sp³-hybridized carbons (Fsp3) is 0.211. The number of hydrogen-bond acceptors (Lipinski definition) is 5. The Morgan fingerprint density at radius 1 is 1.32 bits per heavy atom. The summed E-state index contributed by atoms with van der Waals surface area (Å²) in [5, 5.41) is 2.77. The quantitative estimate of drug-likeness (QED) is 0.694. The maximum atomic E-state index is 12.6. The van der Waals surface area contributed by atoms with E-state index in [1.54, 1.807) is 16.8 Å². The average Bonchev–Trinajstić information content (AvgIpc) is 3.26. The van der Waals surface area contributed by atoms with Crippen molar-refractivity contribution in [2.24, 2.45) is 11.8 Å². The van der Waals surface area contributed by atoms with Gasteiger partial charge in [0.2, 0.25) is 0 Å². The van der Waals surface area contributed by atoms with Crippen molar-refractivity contribution in [1.29, 1.82) is 0 Å². The van der Waals surface area contributed by atoms with E-state index in [1.807, 2.05) is 24.3 Å². The molecule has 2 atom stereocenters. The summed E-state index contributed by atoms with van der Waals surface area (Å²) in [6, 6.07) is 4.05. The van der Waals surface area contributed by atoms with E-state index in [1.165, 1.54) is 0 Å². The zero-order chi connectivity index (χ0) is 16.8. The van der Waals surface area contributed by atoms with Gasteiger partial charge in [-0.1, -0.05) is 30.4 Å². The lowest BCUT2D eigenvalue weighted by molar-refractivity contribution is -0.112. The van der Waals surface area contributed by atoms with Crippen molar-refractivity contribution in [3.05, 3.63) is 53.6 Å². The number of anilines is 1. The van der Waals surface area contributed by atoms with Crippen LogP contribution >= 0.6 is 11.3 Å². The Bertz CT molecular complexity index is 1070. The van der Waals surface area contributed by atoms with Crippen LogP contribution in [0.5, 0.6) is 0 Å². The molecule has 1 N–H and O–H groups in total. The highest BCUT2D eigenvalue weighted by Gasteiger charge is 2.23. The van der Waals surface area contributed by atoms with Gasteiger partial charge in [0.15, 0.2) is 5.58 Å². The maximum absolute atomic E-state index is 12.6. The van der Waals surface area contributed by atoms with Crippen molar-refractivity contribution in [2.45, 2.75) is 12.8 Å². The Labute approximate surface area is 147 Å². The van der Waals surface area contributed by atoms with Crippen LogP contribution in [0, 0.1) is 11.8 Å². The largest absolute Gasteiger partial charge is 0.421 e. The van der Waals surface area contributed by atoms with E-state index in [4.69, 9.17) is 4.42 Å². The highest BCUT2D eigenvalue weighted by atomic mass is 32.1. The molecule has 2 aliphatic carbocycles. The van der Waals surface area contributed by atoms with Gasteiger partial charge in [-0.25, -0.2) is 4.98 Å². The lowest BCUT2D eigenvalue weighted by Gasteiger charge is -2.25. The van der Waals surface area contributed by atoms with Gasteiger partial charge in [-0.05, 0) is 30.9 Å². The van der Waals surface area contributed by atoms with Crippen molar-refractivity contribution in [1.82, 2.24) is 9.97 Å². The van der Waals surface area contributed by atoms with E-state index >= 15 is 0 Å². The van der Waals surface area contributed by atoms with E-state index in [0.717, 1.165) is 23.1 Å². The van der Waals surface area contributed by atoms with Gasteiger partial charge >= 0.3 is 6.01 Å². The highest BCUT2D eigenvalue weighted by Crippen LogP contribution is 2.32. The van der Waals surface area contributed by atoms with Gasteiger partial charge in [0.1, 0.15) is 11.0 Å². The van der Waals surface area contributed by atoms with Crippen LogP contribution < -0.4 is 5.32 Å². The minimum Gasteiger partial charge on any atom is -0.421 e. The van der Waals surface area contributed by atoms with Gasteiger partial charge in [0.05, 0.1) is 10.2 Å². The number of rotatable bonds is 2. The van der Waals surface area contributed by atoms with Crippen molar-refractivity contribution in [3.8, 4) is 0 Å². The number of nitrogens with one attached hydrogen (secondary N) is 1. The Balaban J connectivity index is 1.43.